The zero-order valence-electron chi connectivity index (χ0n) is 10.5. The van der Waals surface area contributed by atoms with Crippen LogP contribution in [0.5, 0.6) is 0 Å². The first-order valence-corrected chi connectivity index (χ1v) is 6.27. The van der Waals surface area contributed by atoms with Gasteiger partial charge in [-0.3, -0.25) is 14.3 Å². The Balaban J connectivity index is 2.01. The van der Waals surface area contributed by atoms with E-state index in [0.717, 1.165) is 6.42 Å². The van der Waals surface area contributed by atoms with Crippen LogP contribution in [0.25, 0.3) is 0 Å². The van der Waals surface area contributed by atoms with E-state index < -0.39 is 0 Å². The molecule has 2 rings (SSSR count). The van der Waals surface area contributed by atoms with E-state index in [0.29, 0.717) is 19.5 Å². The molecule has 6 nitrogen and oxygen atoms in total. The summed E-state index contributed by atoms with van der Waals surface area (Å²) >= 11 is 0. The molecule has 1 aromatic heterocycles. The Morgan fingerprint density at radius 1 is 1.44 bits per heavy atom. The van der Waals surface area contributed by atoms with Gasteiger partial charge in [-0.15, -0.1) is 0 Å². The number of carbonyl (C=O) groups is 2. The number of carbonyl (C=O) groups excluding carboxylic acids is 2. The fourth-order valence-electron chi connectivity index (χ4n) is 2.18. The van der Waals surface area contributed by atoms with Crippen molar-refractivity contribution in [2.24, 2.45) is 0 Å². The highest BCUT2D eigenvalue weighted by Gasteiger charge is 2.33. The minimum Gasteiger partial charge on any atom is -0.345 e. The van der Waals surface area contributed by atoms with Crippen molar-refractivity contribution in [3.05, 3.63) is 18.5 Å². The Morgan fingerprint density at radius 2 is 2.28 bits per heavy atom. The molecule has 0 spiro atoms. The minimum absolute atomic E-state index is 0.0137. The number of nitrogens with zero attached hydrogens (tertiary/aromatic N) is 3. The maximum Gasteiger partial charge on any atom is 0.243 e. The van der Waals surface area contributed by atoms with E-state index in [9.17, 15) is 9.59 Å². The molecule has 1 aliphatic heterocycles. The summed E-state index contributed by atoms with van der Waals surface area (Å²) in [6.07, 6.45) is 5.14. The second kappa shape index (κ2) is 5.66. The van der Waals surface area contributed by atoms with E-state index in [4.69, 9.17) is 0 Å². The molecule has 2 heterocycles. The molecule has 6 heteroatoms. The predicted octanol–water partition coefficient (Wildman–Crippen LogP) is 0.0102. The average molecular weight is 250 g/mol. The van der Waals surface area contributed by atoms with Gasteiger partial charge in [0, 0.05) is 18.9 Å². The molecule has 1 aliphatic rings. The Bertz CT molecular complexity index is 416. The van der Waals surface area contributed by atoms with Crippen LogP contribution >= 0.6 is 0 Å². The summed E-state index contributed by atoms with van der Waals surface area (Å²) in [7, 11) is 0. The van der Waals surface area contributed by atoms with E-state index in [1.54, 1.807) is 15.8 Å². The molecule has 98 valence electrons. The highest BCUT2D eigenvalue weighted by molar-refractivity contribution is 5.94. The van der Waals surface area contributed by atoms with Gasteiger partial charge in [0.1, 0.15) is 6.04 Å². The van der Waals surface area contributed by atoms with Crippen LogP contribution in [0.15, 0.2) is 18.5 Å². The quantitative estimate of drug-likeness (QED) is 0.800. The summed E-state index contributed by atoms with van der Waals surface area (Å²) in [6, 6.07) is 1.51. The molecular formula is C12H18N4O2. The van der Waals surface area contributed by atoms with Crippen LogP contribution in [-0.2, 0) is 16.1 Å². The van der Waals surface area contributed by atoms with Crippen LogP contribution < -0.4 is 5.32 Å². The Hall–Kier alpha value is -1.85. The number of hydrogen-bond acceptors (Lipinski definition) is 3. The fraction of sp³-hybridized carbons (Fsp3) is 0.583. The van der Waals surface area contributed by atoms with Gasteiger partial charge in [-0.05, 0) is 12.5 Å². The topological polar surface area (TPSA) is 67.2 Å². The molecule has 1 N–H and O–H groups in total. The highest BCUT2D eigenvalue weighted by Crippen LogP contribution is 2.11. The normalized spacial score (nSPS) is 20.1. The first-order valence-electron chi connectivity index (χ1n) is 6.27. The predicted molar refractivity (Wildman–Crippen MR) is 65.6 cm³/mol. The average Bonchev–Trinajstić information content (AvgIpc) is 2.86. The molecule has 1 atom stereocenters. The number of piperazine rings is 1. The largest absolute Gasteiger partial charge is 0.345 e. The lowest BCUT2D eigenvalue weighted by atomic mass is 10.1. The molecule has 2 amide bonds. The molecule has 1 fully saturated rings. The summed E-state index contributed by atoms with van der Waals surface area (Å²) in [5.41, 5.74) is 0. The lowest BCUT2D eigenvalue weighted by molar-refractivity contribution is -0.146. The summed E-state index contributed by atoms with van der Waals surface area (Å²) in [5.74, 6) is -0.0582. The van der Waals surface area contributed by atoms with Gasteiger partial charge in [0.25, 0.3) is 0 Å². The van der Waals surface area contributed by atoms with Crippen molar-refractivity contribution in [2.75, 3.05) is 13.1 Å². The molecule has 1 saturated heterocycles. The van der Waals surface area contributed by atoms with E-state index in [1.807, 2.05) is 19.2 Å². The van der Waals surface area contributed by atoms with Crippen LogP contribution in [0, 0.1) is 0 Å². The number of amides is 2. The first-order chi connectivity index (χ1) is 8.72. The number of hydrogen-bond donors (Lipinski definition) is 1. The van der Waals surface area contributed by atoms with Crippen molar-refractivity contribution in [1.82, 2.24) is 20.0 Å². The Labute approximate surface area is 106 Å². The van der Waals surface area contributed by atoms with Gasteiger partial charge >= 0.3 is 0 Å². The lowest BCUT2D eigenvalue weighted by Crippen LogP contribution is -2.58. The van der Waals surface area contributed by atoms with Gasteiger partial charge in [0.2, 0.25) is 11.8 Å². The standard InChI is InChI=1S/C12H18N4O2/c1-2-4-10-12(18)13-9-11(17)16(10)8-7-15-6-3-5-14-15/h3,5-6,10H,2,4,7-9H2,1H3,(H,13,18). The molecule has 1 aromatic rings. The van der Waals surface area contributed by atoms with Crippen molar-refractivity contribution in [2.45, 2.75) is 32.4 Å². The van der Waals surface area contributed by atoms with Gasteiger partial charge in [0.05, 0.1) is 13.1 Å². The molecule has 0 radical (unpaired) electrons. The molecule has 0 bridgehead atoms. The van der Waals surface area contributed by atoms with E-state index >= 15 is 0 Å². The summed E-state index contributed by atoms with van der Waals surface area (Å²) in [6.45, 7) is 3.26. The maximum atomic E-state index is 11.9. The third kappa shape index (κ3) is 2.69. The molecule has 0 aromatic carbocycles. The van der Waals surface area contributed by atoms with Crippen LogP contribution in [0.4, 0.5) is 0 Å². The summed E-state index contributed by atoms with van der Waals surface area (Å²) < 4.78 is 1.77. The first kappa shape index (κ1) is 12.6. The van der Waals surface area contributed by atoms with E-state index in [-0.39, 0.29) is 24.4 Å². The second-order valence-corrected chi connectivity index (χ2v) is 4.38. The van der Waals surface area contributed by atoms with Crippen LogP contribution in [0.1, 0.15) is 19.8 Å². The molecule has 0 aliphatic carbocycles. The lowest BCUT2D eigenvalue weighted by Gasteiger charge is -2.34. The van der Waals surface area contributed by atoms with Gasteiger partial charge in [-0.2, -0.15) is 5.10 Å². The number of nitrogens with one attached hydrogen (secondary N) is 1. The number of aromatic nitrogens is 2. The van der Waals surface area contributed by atoms with E-state index in [2.05, 4.69) is 10.4 Å². The molecule has 1 unspecified atom stereocenters. The second-order valence-electron chi connectivity index (χ2n) is 4.38. The fourth-order valence-corrected chi connectivity index (χ4v) is 2.18. The van der Waals surface area contributed by atoms with Crippen molar-refractivity contribution in [3.8, 4) is 0 Å². The molecular weight excluding hydrogens is 232 g/mol. The SMILES string of the molecule is CCCC1C(=O)NCC(=O)N1CCn1cccn1. The van der Waals surface area contributed by atoms with Crippen LogP contribution in [0.2, 0.25) is 0 Å². The zero-order valence-corrected chi connectivity index (χ0v) is 10.5. The monoisotopic (exact) mass is 250 g/mol. The minimum atomic E-state index is -0.327. The van der Waals surface area contributed by atoms with Crippen molar-refractivity contribution < 1.29 is 9.59 Å². The van der Waals surface area contributed by atoms with Gasteiger partial charge in [0.15, 0.2) is 0 Å². The highest BCUT2D eigenvalue weighted by atomic mass is 16.2. The van der Waals surface area contributed by atoms with Crippen molar-refractivity contribution >= 4 is 11.8 Å². The Kier molecular flexibility index (Phi) is 3.96. The van der Waals surface area contributed by atoms with Crippen LogP contribution in [-0.4, -0.2) is 45.6 Å². The third-order valence-electron chi connectivity index (χ3n) is 3.10. The van der Waals surface area contributed by atoms with Crippen LogP contribution in [0.3, 0.4) is 0 Å². The molecule has 0 saturated carbocycles. The third-order valence-corrected chi connectivity index (χ3v) is 3.10. The smallest absolute Gasteiger partial charge is 0.243 e. The summed E-state index contributed by atoms with van der Waals surface area (Å²) in [4.78, 5) is 25.3. The molecule has 18 heavy (non-hydrogen) atoms. The Morgan fingerprint density at radius 3 is 2.94 bits per heavy atom. The summed E-state index contributed by atoms with van der Waals surface area (Å²) in [5, 5.41) is 6.73. The van der Waals surface area contributed by atoms with Crippen molar-refractivity contribution in [3.63, 3.8) is 0 Å². The van der Waals surface area contributed by atoms with E-state index in [1.165, 1.54) is 0 Å². The van der Waals surface area contributed by atoms with Gasteiger partial charge < -0.3 is 10.2 Å². The zero-order chi connectivity index (χ0) is 13.0. The van der Waals surface area contributed by atoms with Gasteiger partial charge in [-0.1, -0.05) is 13.3 Å². The number of rotatable bonds is 5. The van der Waals surface area contributed by atoms with Gasteiger partial charge in [-0.25, -0.2) is 0 Å². The van der Waals surface area contributed by atoms with Crippen molar-refractivity contribution in [1.29, 1.82) is 0 Å². The maximum absolute atomic E-state index is 11.9.